The molecule has 1 aromatic rings. The Morgan fingerprint density at radius 2 is 1.89 bits per heavy atom. The number of benzene rings is 1. The molecular formula is C12H18N2O3S. The second-order valence-electron chi connectivity index (χ2n) is 4.59. The number of rotatable bonds is 3. The molecule has 1 aliphatic rings. The summed E-state index contributed by atoms with van der Waals surface area (Å²) in [6.45, 7) is 2.93. The van der Waals surface area contributed by atoms with E-state index in [0.29, 0.717) is 13.1 Å². The average molecular weight is 270 g/mol. The molecule has 0 aromatic heterocycles. The van der Waals surface area contributed by atoms with Gasteiger partial charge in [0, 0.05) is 13.1 Å². The third-order valence-electron chi connectivity index (χ3n) is 3.05. The Hall–Kier alpha value is -1.27. The summed E-state index contributed by atoms with van der Waals surface area (Å²) >= 11 is 0. The fourth-order valence-electron chi connectivity index (χ4n) is 2.04. The zero-order valence-electron chi connectivity index (χ0n) is 10.4. The molecule has 0 atom stereocenters. The van der Waals surface area contributed by atoms with E-state index in [1.54, 1.807) is 12.1 Å². The van der Waals surface area contributed by atoms with Crippen molar-refractivity contribution in [3.63, 3.8) is 0 Å². The SMILES string of the molecule is Cc1ccc(O)c(NS(=O)(=O)N2CCCCC2)c1. The van der Waals surface area contributed by atoms with Crippen molar-refractivity contribution >= 4 is 15.9 Å². The molecule has 0 saturated carbocycles. The third kappa shape index (κ3) is 2.94. The van der Waals surface area contributed by atoms with Gasteiger partial charge in [-0.05, 0) is 37.5 Å². The summed E-state index contributed by atoms with van der Waals surface area (Å²) < 4.78 is 28.1. The number of aromatic hydroxyl groups is 1. The van der Waals surface area contributed by atoms with Crippen LogP contribution in [0.1, 0.15) is 24.8 Å². The lowest BCUT2D eigenvalue weighted by molar-refractivity contribution is 0.349. The summed E-state index contributed by atoms with van der Waals surface area (Å²) in [6.07, 6.45) is 2.85. The molecule has 0 unspecified atom stereocenters. The topological polar surface area (TPSA) is 69.6 Å². The van der Waals surface area contributed by atoms with Crippen LogP contribution in [0.25, 0.3) is 0 Å². The van der Waals surface area contributed by atoms with E-state index in [-0.39, 0.29) is 11.4 Å². The van der Waals surface area contributed by atoms with Crippen LogP contribution in [0, 0.1) is 6.92 Å². The van der Waals surface area contributed by atoms with Crippen LogP contribution in [0.5, 0.6) is 5.75 Å². The molecule has 0 aliphatic carbocycles. The fourth-order valence-corrected chi connectivity index (χ4v) is 3.35. The quantitative estimate of drug-likeness (QED) is 0.823. The molecule has 1 aromatic carbocycles. The fraction of sp³-hybridized carbons (Fsp3) is 0.500. The van der Waals surface area contributed by atoms with E-state index in [0.717, 1.165) is 24.8 Å². The first-order valence-corrected chi connectivity index (χ1v) is 7.50. The number of piperidine rings is 1. The molecule has 1 saturated heterocycles. The molecule has 0 amide bonds. The van der Waals surface area contributed by atoms with Crippen molar-refractivity contribution in [3.8, 4) is 5.75 Å². The molecule has 1 heterocycles. The smallest absolute Gasteiger partial charge is 0.301 e. The molecule has 6 heteroatoms. The second kappa shape index (κ2) is 5.16. The Balaban J connectivity index is 2.18. The third-order valence-corrected chi connectivity index (χ3v) is 4.57. The minimum Gasteiger partial charge on any atom is -0.506 e. The lowest BCUT2D eigenvalue weighted by Gasteiger charge is -2.26. The zero-order valence-corrected chi connectivity index (χ0v) is 11.2. The number of hydrogen-bond donors (Lipinski definition) is 2. The summed E-state index contributed by atoms with van der Waals surface area (Å²) in [5, 5.41) is 9.65. The van der Waals surface area contributed by atoms with Gasteiger partial charge in [-0.3, -0.25) is 4.72 Å². The first-order valence-electron chi connectivity index (χ1n) is 6.06. The maximum absolute atomic E-state index is 12.1. The van der Waals surface area contributed by atoms with E-state index in [4.69, 9.17) is 0 Å². The van der Waals surface area contributed by atoms with Crippen LogP contribution in [0.4, 0.5) is 5.69 Å². The molecule has 5 nitrogen and oxygen atoms in total. The lowest BCUT2D eigenvalue weighted by Crippen LogP contribution is -2.39. The first-order chi connectivity index (χ1) is 8.49. The molecule has 1 aliphatic heterocycles. The zero-order chi connectivity index (χ0) is 13.2. The van der Waals surface area contributed by atoms with Crippen LogP contribution < -0.4 is 4.72 Å². The van der Waals surface area contributed by atoms with Crippen LogP contribution in [-0.4, -0.2) is 30.9 Å². The summed E-state index contributed by atoms with van der Waals surface area (Å²) in [4.78, 5) is 0. The molecule has 0 radical (unpaired) electrons. The number of aryl methyl sites for hydroxylation is 1. The van der Waals surface area contributed by atoms with E-state index < -0.39 is 10.2 Å². The Morgan fingerprint density at radius 3 is 2.56 bits per heavy atom. The van der Waals surface area contributed by atoms with Gasteiger partial charge in [0.25, 0.3) is 0 Å². The second-order valence-corrected chi connectivity index (χ2v) is 6.26. The van der Waals surface area contributed by atoms with Crippen LogP contribution >= 0.6 is 0 Å². The Bertz CT molecular complexity index is 522. The predicted molar refractivity (Wildman–Crippen MR) is 70.8 cm³/mol. The monoisotopic (exact) mass is 270 g/mol. The van der Waals surface area contributed by atoms with Gasteiger partial charge in [-0.2, -0.15) is 12.7 Å². The minimum absolute atomic E-state index is 0.0545. The Morgan fingerprint density at radius 1 is 1.22 bits per heavy atom. The molecule has 0 bridgehead atoms. The van der Waals surface area contributed by atoms with Crippen LogP contribution in [0.2, 0.25) is 0 Å². The normalized spacial score (nSPS) is 17.6. The van der Waals surface area contributed by atoms with E-state index in [2.05, 4.69) is 4.72 Å². The minimum atomic E-state index is -3.55. The molecule has 1 fully saturated rings. The summed E-state index contributed by atoms with van der Waals surface area (Å²) in [7, 11) is -3.55. The van der Waals surface area contributed by atoms with E-state index in [1.165, 1.54) is 10.4 Å². The van der Waals surface area contributed by atoms with Gasteiger partial charge in [-0.25, -0.2) is 0 Å². The molecule has 100 valence electrons. The Labute approximate surface area is 108 Å². The number of phenols is 1. The average Bonchev–Trinajstić information content (AvgIpc) is 2.35. The van der Waals surface area contributed by atoms with Gasteiger partial charge in [-0.1, -0.05) is 12.5 Å². The van der Waals surface area contributed by atoms with E-state index in [9.17, 15) is 13.5 Å². The standard InChI is InChI=1S/C12H18N2O3S/c1-10-5-6-12(15)11(9-10)13-18(16,17)14-7-3-2-4-8-14/h5-6,9,13,15H,2-4,7-8H2,1H3. The van der Waals surface area contributed by atoms with Crippen molar-refractivity contribution in [1.29, 1.82) is 0 Å². The summed E-state index contributed by atoms with van der Waals surface area (Å²) in [5.41, 5.74) is 1.13. The number of anilines is 1. The van der Waals surface area contributed by atoms with Gasteiger partial charge >= 0.3 is 10.2 Å². The summed E-state index contributed by atoms with van der Waals surface area (Å²) in [6, 6.07) is 4.84. The highest BCUT2D eigenvalue weighted by Gasteiger charge is 2.24. The number of nitrogens with one attached hydrogen (secondary N) is 1. The van der Waals surface area contributed by atoms with Gasteiger partial charge in [0.15, 0.2) is 0 Å². The summed E-state index contributed by atoms with van der Waals surface area (Å²) in [5.74, 6) is -0.0545. The van der Waals surface area contributed by atoms with Crippen molar-refractivity contribution in [1.82, 2.24) is 4.31 Å². The largest absolute Gasteiger partial charge is 0.506 e. The molecule has 2 N–H and O–H groups in total. The maximum Gasteiger partial charge on any atom is 0.301 e. The van der Waals surface area contributed by atoms with Gasteiger partial charge in [0.05, 0.1) is 5.69 Å². The number of hydrogen-bond acceptors (Lipinski definition) is 3. The predicted octanol–water partition coefficient (Wildman–Crippen LogP) is 1.84. The van der Waals surface area contributed by atoms with Crippen molar-refractivity contribution in [3.05, 3.63) is 23.8 Å². The molecule has 0 spiro atoms. The first kappa shape index (κ1) is 13.2. The number of nitrogens with zero attached hydrogens (tertiary/aromatic N) is 1. The van der Waals surface area contributed by atoms with Crippen LogP contribution in [0.3, 0.4) is 0 Å². The number of phenolic OH excluding ortho intramolecular Hbond substituents is 1. The van der Waals surface area contributed by atoms with Crippen LogP contribution in [0.15, 0.2) is 18.2 Å². The van der Waals surface area contributed by atoms with Crippen molar-refractivity contribution in [2.45, 2.75) is 26.2 Å². The van der Waals surface area contributed by atoms with Crippen molar-refractivity contribution in [2.24, 2.45) is 0 Å². The highest BCUT2D eigenvalue weighted by molar-refractivity contribution is 7.90. The van der Waals surface area contributed by atoms with Crippen molar-refractivity contribution in [2.75, 3.05) is 17.8 Å². The van der Waals surface area contributed by atoms with Gasteiger partial charge in [0.2, 0.25) is 0 Å². The Kier molecular flexibility index (Phi) is 3.77. The van der Waals surface area contributed by atoms with Crippen molar-refractivity contribution < 1.29 is 13.5 Å². The van der Waals surface area contributed by atoms with Gasteiger partial charge < -0.3 is 5.11 Å². The highest BCUT2D eigenvalue weighted by Crippen LogP contribution is 2.26. The maximum atomic E-state index is 12.1. The van der Waals surface area contributed by atoms with Crippen LogP contribution in [-0.2, 0) is 10.2 Å². The lowest BCUT2D eigenvalue weighted by atomic mass is 10.2. The molecule has 2 rings (SSSR count). The highest BCUT2D eigenvalue weighted by atomic mass is 32.2. The molecule has 18 heavy (non-hydrogen) atoms. The van der Waals surface area contributed by atoms with Gasteiger partial charge in [-0.15, -0.1) is 0 Å². The van der Waals surface area contributed by atoms with Gasteiger partial charge in [0.1, 0.15) is 5.75 Å². The molecular weight excluding hydrogens is 252 g/mol. The van der Waals surface area contributed by atoms with E-state index >= 15 is 0 Å². The van der Waals surface area contributed by atoms with E-state index in [1.807, 2.05) is 6.92 Å².